The maximum atomic E-state index is 10.1. The number of aliphatic hydroxyl groups is 7. The lowest BCUT2D eigenvalue weighted by Crippen LogP contribution is -2.64. The fourth-order valence-electron chi connectivity index (χ4n) is 2.78. The Hall–Kier alpha value is -0.400. The van der Waals surface area contributed by atoms with Gasteiger partial charge >= 0.3 is 0 Å². The van der Waals surface area contributed by atoms with Crippen LogP contribution in [-0.2, 0) is 14.2 Å². The first-order chi connectivity index (χ1) is 10.8. The molecule has 9 unspecified atom stereocenters. The third kappa shape index (κ3) is 3.66. The molecule has 2 saturated heterocycles. The SMILES string of the molecule is CC1O[C@@H](CO)C(OC2OC(CO)C(O)C(O)C2O)C(O)C1O. The molecule has 7 N–H and O–H groups in total. The zero-order valence-corrected chi connectivity index (χ0v) is 12.5. The molecule has 0 bridgehead atoms. The normalized spacial score (nSPS) is 51.7. The van der Waals surface area contributed by atoms with Gasteiger partial charge in [-0.05, 0) is 6.92 Å². The van der Waals surface area contributed by atoms with Gasteiger partial charge in [0, 0.05) is 0 Å². The maximum Gasteiger partial charge on any atom is 0.187 e. The number of rotatable bonds is 4. The summed E-state index contributed by atoms with van der Waals surface area (Å²) in [6.07, 6.45) is -13.2. The van der Waals surface area contributed by atoms with Gasteiger partial charge in [0.05, 0.1) is 19.3 Å². The van der Waals surface area contributed by atoms with Crippen molar-refractivity contribution >= 4 is 0 Å². The molecule has 0 saturated carbocycles. The zero-order valence-electron chi connectivity index (χ0n) is 12.5. The van der Waals surface area contributed by atoms with Crippen LogP contribution in [-0.4, -0.2) is 110 Å². The quantitative estimate of drug-likeness (QED) is 0.265. The van der Waals surface area contributed by atoms with Crippen molar-refractivity contribution in [2.45, 2.75) is 68.1 Å². The van der Waals surface area contributed by atoms with E-state index in [-0.39, 0.29) is 0 Å². The molecule has 136 valence electrons. The number of ether oxygens (including phenoxy) is 3. The lowest BCUT2D eigenvalue weighted by Gasteiger charge is -2.45. The van der Waals surface area contributed by atoms with Crippen molar-refractivity contribution in [1.29, 1.82) is 0 Å². The van der Waals surface area contributed by atoms with E-state index in [1.54, 1.807) is 0 Å². The summed E-state index contributed by atoms with van der Waals surface area (Å²) in [5.41, 5.74) is 0. The van der Waals surface area contributed by atoms with E-state index < -0.39 is 74.4 Å². The Bertz CT molecular complexity index is 378. The van der Waals surface area contributed by atoms with E-state index in [2.05, 4.69) is 0 Å². The summed E-state index contributed by atoms with van der Waals surface area (Å²) in [4.78, 5) is 0. The molecule has 0 aromatic rings. The van der Waals surface area contributed by atoms with Gasteiger partial charge in [-0.25, -0.2) is 0 Å². The molecule has 2 heterocycles. The average molecular weight is 340 g/mol. The predicted molar refractivity (Wildman–Crippen MR) is 72.1 cm³/mol. The molecule has 0 amide bonds. The Balaban J connectivity index is 2.11. The molecule has 0 radical (unpaired) electrons. The van der Waals surface area contributed by atoms with Crippen LogP contribution in [0.25, 0.3) is 0 Å². The van der Waals surface area contributed by atoms with Gasteiger partial charge in [-0.3, -0.25) is 0 Å². The molecule has 2 fully saturated rings. The molecule has 10 heteroatoms. The van der Waals surface area contributed by atoms with Gasteiger partial charge in [0.15, 0.2) is 6.29 Å². The van der Waals surface area contributed by atoms with E-state index in [9.17, 15) is 30.6 Å². The van der Waals surface area contributed by atoms with Crippen LogP contribution in [0.15, 0.2) is 0 Å². The van der Waals surface area contributed by atoms with Crippen LogP contribution in [0.1, 0.15) is 6.92 Å². The van der Waals surface area contributed by atoms with Crippen LogP contribution in [0.2, 0.25) is 0 Å². The zero-order chi connectivity index (χ0) is 17.3. The number of hydrogen-bond acceptors (Lipinski definition) is 10. The Labute approximate surface area is 132 Å². The minimum Gasteiger partial charge on any atom is -0.394 e. The van der Waals surface area contributed by atoms with E-state index >= 15 is 0 Å². The van der Waals surface area contributed by atoms with E-state index in [0.29, 0.717) is 0 Å². The van der Waals surface area contributed by atoms with Crippen molar-refractivity contribution in [2.75, 3.05) is 13.2 Å². The molecule has 10 atom stereocenters. The summed E-state index contributed by atoms with van der Waals surface area (Å²) < 4.78 is 15.9. The molecule has 0 aromatic carbocycles. The van der Waals surface area contributed by atoms with Gasteiger partial charge in [0.1, 0.15) is 48.8 Å². The second-order valence-corrected chi connectivity index (χ2v) is 5.84. The van der Waals surface area contributed by atoms with Crippen molar-refractivity contribution in [3.63, 3.8) is 0 Å². The topological polar surface area (TPSA) is 169 Å². The molecule has 2 aliphatic heterocycles. The van der Waals surface area contributed by atoms with Gasteiger partial charge in [0.2, 0.25) is 0 Å². The number of hydrogen-bond donors (Lipinski definition) is 7. The highest BCUT2D eigenvalue weighted by atomic mass is 16.7. The molecule has 10 nitrogen and oxygen atoms in total. The summed E-state index contributed by atoms with van der Waals surface area (Å²) in [5.74, 6) is 0. The third-order valence-electron chi connectivity index (χ3n) is 4.24. The predicted octanol–water partition coefficient (Wildman–Crippen LogP) is -4.33. The van der Waals surface area contributed by atoms with Gasteiger partial charge in [-0.1, -0.05) is 0 Å². The summed E-state index contributed by atoms with van der Waals surface area (Å²) in [6.45, 7) is 0.369. The van der Waals surface area contributed by atoms with Gasteiger partial charge in [-0.15, -0.1) is 0 Å². The maximum absolute atomic E-state index is 10.1. The highest BCUT2D eigenvalue weighted by molar-refractivity contribution is 4.94. The lowest BCUT2D eigenvalue weighted by atomic mass is 9.95. The van der Waals surface area contributed by atoms with Crippen LogP contribution in [0.5, 0.6) is 0 Å². The first kappa shape index (κ1) is 18.9. The highest BCUT2D eigenvalue weighted by Gasteiger charge is 2.49. The van der Waals surface area contributed by atoms with Crippen LogP contribution >= 0.6 is 0 Å². The fraction of sp³-hybridized carbons (Fsp3) is 1.00. The molecule has 23 heavy (non-hydrogen) atoms. The van der Waals surface area contributed by atoms with Gasteiger partial charge in [0.25, 0.3) is 0 Å². The van der Waals surface area contributed by atoms with Crippen molar-refractivity contribution in [3.8, 4) is 0 Å². The Morgan fingerprint density at radius 2 is 1.35 bits per heavy atom. The third-order valence-corrected chi connectivity index (χ3v) is 4.24. The summed E-state index contributed by atoms with van der Waals surface area (Å²) in [6, 6.07) is 0. The smallest absolute Gasteiger partial charge is 0.187 e. The van der Waals surface area contributed by atoms with Crippen molar-refractivity contribution < 1.29 is 50.0 Å². The summed E-state index contributed by atoms with van der Waals surface area (Å²) in [7, 11) is 0. The Morgan fingerprint density at radius 3 is 1.91 bits per heavy atom. The van der Waals surface area contributed by atoms with Crippen LogP contribution in [0.3, 0.4) is 0 Å². The van der Waals surface area contributed by atoms with E-state index in [4.69, 9.17) is 19.3 Å². The molecule has 0 aromatic heterocycles. The minimum atomic E-state index is -1.66. The standard InChI is InChI=1S/C13H24O10/c1-4-7(16)10(19)12(6(3-15)21-4)23-13-11(20)9(18)8(17)5(2-14)22-13/h4-20H,2-3H2,1H3/t4?,5?,6-,7?,8?,9?,10?,11?,12?,13?/m0/s1. The Morgan fingerprint density at radius 1 is 0.739 bits per heavy atom. The lowest BCUT2D eigenvalue weighted by molar-refractivity contribution is -0.341. The van der Waals surface area contributed by atoms with Crippen molar-refractivity contribution in [3.05, 3.63) is 0 Å². The second kappa shape index (κ2) is 7.66. The first-order valence-electron chi connectivity index (χ1n) is 7.40. The van der Waals surface area contributed by atoms with E-state index in [1.165, 1.54) is 6.92 Å². The summed E-state index contributed by atoms with van der Waals surface area (Å²) in [5, 5.41) is 67.8. The molecular weight excluding hydrogens is 316 g/mol. The fourth-order valence-corrected chi connectivity index (χ4v) is 2.78. The number of aliphatic hydroxyl groups excluding tert-OH is 7. The monoisotopic (exact) mass is 340 g/mol. The minimum absolute atomic E-state index is 0.518. The van der Waals surface area contributed by atoms with Crippen molar-refractivity contribution in [2.24, 2.45) is 0 Å². The summed E-state index contributed by atoms with van der Waals surface area (Å²) >= 11 is 0. The second-order valence-electron chi connectivity index (χ2n) is 5.84. The molecule has 0 aliphatic carbocycles. The van der Waals surface area contributed by atoms with Gasteiger partial charge in [-0.2, -0.15) is 0 Å². The first-order valence-corrected chi connectivity index (χ1v) is 7.40. The largest absolute Gasteiger partial charge is 0.394 e. The van der Waals surface area contributed by atoms with Crippen LogP contribution in [0, 0.1) is 0 Å². The average Bonchev–Trinajstić information content (AvgIpc) is 2.55. The van der Waals surface area contributed by atoms with Crippen LogP contribution in [0.4, 0.5) is 0 Å². The van der Waals surface area contributed by atoms with Crippen molar-refractivity contribution in [1.82, 2.24) is 0 Å². The van der Waals surface area contributed by atoms with Gasteiger partial charge < -0.3 is 50.0 Å². The highest BCUT2D eigenvalue weighted by Crippen LogP contribution is 2.28. The van der Waals surface area contributed by atoms with Crippen LogP contribution < -0.4 is 0 Å². The van der Waals surface area contributed by atoms with E-state index in [0.717, 1.165) is 0 Å². The molecule has 0 spiro atoms. The van der Waals surface area contributed by atoms with E-state index in [1.807, 2.05) is 0 Å². The molecular formula is C13H24O10. The molecule has 2 aliphatic rings. The Kier molecular flexibility index (Phi) is 6.30. The molecule has 2 rings (SSSR count).